The molecule has 3 N–H and O–H groups in total. The molecule has 4 heteroatoms. The minimum Gasteiger partial charge on any atom is -0.505 e. The van der Waals surface area contributed by atoms with Crippen molar-refractivity contribution < 1.29 is 5.11 Å². The summed E-state index contributed by atoms with van der Waals surface area (Å²) in [5, 5.41) is 23.0. The fourth-order valence-corrected chi connectivity index (χ4v) is 2.57. The molecular formula is C21H29N3O. The van der Waals surface area contributed by atoms with E-state index in [2.05, 4.69) is 58.1 Å². The minimum atomic E-state index is -0.0388. The Balaban J connectivity index is 2.47. The van der Waals surface area contributed by atoms with E-state index in [1.807, 2.05) is 18.2 Å². The van der Waals surface area contributed by atoms with Gasteiger partial charge < -0.3 is 5.11 Å². The molecule has 0 bridgehead atoms. The van der Waals surface area contributed by atoms with Gasteiger partial charge >= 0.3 is 0 Å². The first-order chi connectivity index (χ1) is 11.6. The molecular weight excluding hydrogens is 310 g/mol. The minimum absolute atomic E-state index is 0.0388. The molecule has 1 unspecified atom stereocenters. The van der Waals surface area contributed by atoms with Crippen molar-refractivity contribution in [1.82, 2.24) is 0 Å². The Kier molecular flexibility index (Phi) is 5.51. The molecule has 0 saturated heterocycles. The molecule has 4 nitrogen and oxygen atoms in total. The van der Waals surface area contributed by atoms with E-state index in [1.165, 1.54) is 0 Å². The highest BCUT2D eigenvalue weighted by Crippen LogP contribution is 2.40. The van der Waals surface area contributed by atoms with E-state index >= 15 is 0 Å². The van der Waals surface area contributed by atoms with Gasteiger partial charge in [0.15, 0.2) is 0 Å². The molecule has 134 valence electrons. The van der Waals surface area contributed by atoms with Crippen molar-refractivity contribution in [2.24, 2.45) is 11.0 Å². The maximum Gasteiger partial charge on any atom is 0.144 e. The van der Waals surface area contributed by atoms with Crippen molar-refractivity contribution in [2.45, 2.75) is 52.9 Å². The van der Waals surface area contributed by atoms with Crippen LogP contribution in [-0.4, -0.2) is 16.5 Å². The fourth-order valence-electron chi connectivity index (χ4n) is 2.57. The Labute approximate surface area is 150 Å². The van der Waals surface area contributed by atoms with E-state index in [9.17, 15) is 5.11 Å². The Bertz CT molecular complexity index is 749. The van der Waals surface area contributed by atoms with Crippen molar-refractivity contribution in [1.29, 1.82) is 5.41 Å². The van der Waals surface area contributed by atoms with E-state index < -0.39 is 0 Å². The zero-order valence-corrected chi connectivity index (χ0v) is 16.0. The summed E-state index contributed by atoms with van der Waals surface area (Å²) in [6.07, 6.45) is 7.12. The van der Waals surface area contributed by atoms with E-state index in [0.29, 0.717) is 23.0 Å². The monoisotopic (exact) mass is 339 g/mol. The van der Waals surface area contributed by atoms with E-state index in [0.717, 1.165) is 11.1 Å². The van der Waals surface area contributed by atoms with Gasteiger partial charge in [0.1, 0.15) is 11.5 Å². The smallest absolute Gasteiger partial charge is 0.144 e. The third-order valence-corrected chi connectivity index (χ3v) is 4.70. The van der Waals surface area contributed by atoms with Crippen molar-refractivity contribution in [2.75, 3.05) is 5.43 Å². The Hall–Kier alpha value is -2.36. The lowest BCUT2D eigenvalue weighted by atomic mass is 9.81. The van der Waals surface area contributed by atoms with Gasteiger partial charge in [-0.05, 0) is 46.6 Å². The van der Waals surface area contributed by atoms with Crippen LogP contribution in [0.25, 0.3) is 0 Å². The largest absolute Gasteiger partial charge is 0.505 e. The third kappa shape index (κ3) is 4.38. The first kappa shape index (κ1) is 19.0. The highest BCUT2D eigenvalue weighted by molar-refractivity contribution is 6.50. The van der Waals surface area contributed by atoms with Crippen LogP contribution in [0.2, 0.25) is 0 Å². The molecule has 0 amide bonds. The number of hydrogen-bond acceptors (Lipinski definition) is 4. The van der Waals surface area contributed by atoms with Gasteiger partial charge in [-0.25, -0.2) is 0 Å². The van der Waals surface area contributed by atoms with Gasteiger partial charge in [0.2, 0.25) is 0 Å². The summed E-state index contributed by atoms with van der Waals surface area (Å²) in [5.74, 6) is 0.881. The van der Waals surface area contributed by atoms with E-state index in [1.54, 1.807) is 12.2 Å². The number of nitrogens with one attached hydrogen (secondary N) is 2. The number of hydrogen-bond donors (Lipinski definition) is 3. The van der Waals surface area contributed by atoms with Crippen LogP contribution in [0.4, 0.5) is 5.69 Å². The second-order valence-corrected chi connectivity index (χ2v) is 7.99. The highest BCUT2D eigenvalue weighted by atomic mass is 16.3. The number of benzene rings is 1. The Morgan fingerprint density at radius 3 is 2.28 bits per heavy atom. The van der Waals surface area contributed by atoms with Gasteiger partial charge in [0.25, 0.3) is 0 Å². The average molecular weight is 339 g/mol. The zero-order valence-electron chi connectivity index (χ0n) is 16.0. The maximum absolute atomic E-state index is 10.8. The second kappa shape index (κ2) is 7.26. The van der Waals surface area contributed by atoms with Crippen molar-refractivity contribution in [3.63, 3.8) is 0 Å². The van der Waals surface area contributed by atoms with Gasteiger partial charge in [-0.1, -0.05) is 59.8 Å². The lowest BCUT2D eigenvalue weighted by Gasteiger charge is -2.25. The summed E-state index contributed by atoms with van der Waals surface area (Å²) < 4.78 is 0. The summed E-state index contributed by atoms with van der Waals surface area (Å²) in [6, 6.07) is 4.05. The molecule has 0 spiro atoms. The standard InChI is InChI=1S/C21H29N3O/c1-13(2)14(3)16-11-15(21(4,5)6)12-19(20(16)25)24-23-18-10-8-7-9-17(18)22/h7-14,22,24-25H,1-6H3/b22-17?,23-18-. The van der Waals surface area contributed by atoms with Gasteiger partial charge in [0.05, 0.1) is 11.4 Å². The average Bonchev–Trinajstić information content (AvgIpc) is 2.53. The number of anilines is 1. The summed E-state index contributed by atoms with van der Waals surface area (Å²) in [5.41, 5.74) is 6.48. The number of hydrazone groups is 1. The molecule has 0 fully saturated rings. The third-order valence-electron chi connectivity index (χ3n) is 4.70. The summed E-state index contributed by atoms with van der Waals surface area (Å²) in [6.45, 7) is 12.9. The van der Waals surface area contributed by atoms with Crippen molar-refractivity contribution in [3.05, 3.63) is 47.6 Å². The molecule has 1 aliphatic rings. The first-order valence-electron chi connectivity index (χ1n) is 8.76. The topological polar surface area (TPSA) is 68.5 Å². The molecule has 25 heavy (non-hydrogen) atoms. The quantitative estimate of drug-likeness (QED) is 0.392. The molecule has 1 aliphatic carbocycles. The van der Waals surface area contributed by atoms with Gasteiger partial charge in [0, 0.05) is 0 Å². The number of nitrogens with zero attached hydrogens (tertiary/aromatic N) is 1. The fraction of sp³-hybridized carbons (Fsp3) is 0.429. The summed E-state index contributed by atoms with van der Waals surface area (Å²) in [4.78, 5) is 0. The van der Waals surface area contributed by atoms with Crippen LogP contribution >= 0.6 is 0 Å². The van der Waals surface area contributed by atoms with Crippen LogP contribution in [0.15, 0.2) is 41.5 Å². The number of phenolic OH excluding ortho intramolecular Hbond substituents is 1. The first-order valence-corrected chi connectivity index (χ1v) is 8.76. The molecule has 0 aliphatic heterocycles. The summed E-state index contributed by atoms with van der Waals surface area (Å²) in [7, 11) is 0. The highest BCUT2D eigenvalue weighted by Gasteiger charge is 2.22. The molecule has 1 atom stereocenters. The van der Waals surface area contributed by atoms with Crippen molar-refractivity contribution in [3.8, 4) is 5.75 Å². The predicted molar refractivity (Wildman–Crippen MR) is 107 cm³/mol. The number of phenols is 1. The zero-order chi connectivity index (χ0) is 18.8. The Morgan fingerprint density at radius 1 is 1.08 bits per heavy atom. The van der Waals surface area contributed by atoms with E-state index in [4.69, 9.17) is 5.41 Å². The lowest BCUT2D eigenvalue weighted by Crippen LogP contribution is -2.15. The van der Waals surface area contributed by atoms with E-state index in [-0.39, 0.29) is 17.1 Å². The van der Waals surface area contributed by atoms with Crippen LogP contribution in [-0.2, 0) is 5.41 Å². The number of allylic oxidation sites excluding steroid dienone is 4. The lowest BCUT2D eigenvalue weighted by molar-refractivity contribution is 0.446. The molecule has 0 heterocycles. The molecule has 1 aromatic rings. The van der Waals surface area contributed by atoms with Crippen LogP contribution in [0.5, 0.6) is 5.75 Å². The van der Waals surface area contributed by atoms with Gasteiger partial charge in [-0.15, -0.1) is 0 Å². The normalized spacial score (nSPS) is 17.4. The van der Waals surface area contributed by atoms with Gasteiger partial charge in [-0.3, -0.25) is 10.8 Å². The van der Waals surface area contributed by atoms with Crippen LogP contribution < -0.4 is 5.43 Å². The molecule has 0 radical (unpaired) electrons. The molecule has 1 aromatic carbocycles. The predicted octanol–water partition coefficient (Wildman–Crippen LogP) is 5.36. The van der Waals surface area contributed by atoms with Crippen molar-refractivity contribution >= 4 is 17.1 Å². The molecule has 2 rings (SSSR count). The van der Waals surface area contributed by atoms with Crippen LogP contribution in [0.1, 0.15) is 58.6 Å². The Morgan fingerprint density at radius 2 is 1.72 bits per heavy atom. The molecule has 0 aromatic heterocycles. The SMILES string of the molecule is CC(C)C(C)c1cc(C(C)(C)C)cc(N/N=C2/C=CC=CC2=N)c1O. The second-order valence-electron chi connectivity index (χ2n) is 7.99. The summed E-state index contributed by atoms with van der Waals surface area (Å²) >= 11 is 0. The number of aromatic hydroxyl groups is 1. The van der Waals surface area contributed by atoms with Gasteiger partial charge in [-0.2, -0.15) is 5.10 Å². The van der Waals surface area contributed by atoms with Crippen LogP contribution in [0.3, 0.4) is 0 Å². The molecule has 0 saturated carbocycles. The maximum atomic E-state index is 10.8. The van der Waals surface area contributed by atoms with Crippen LogP contribution in [0, 0.1) is 11.3 Å². The number of rotatable bonds is 4.